The van der Waals surface area contributed by atoms with Crippen LogP contribution in [0.4, 0.5) is 4.39 Å². The molecule has 0 radical (unpaired) electrons. The number of carbonyl (C=O) groups excluding carboxylic acids is 1. The lowest BCUT2D eigenvalue weighted by molar-refractivity contribution is -0.158. The second-order valence-corrected chi connectivity index (χ2v) is 9.62. The summed E-state index contributed by atoms with van der Waals surface area (Å²) in [6, 6.07) is 6.31. The van der Waals surface area contributed by atoms with Crippen LogP contribution in [0.25, 0.3) is 11.3 Å². The number of amides is 1. The summed E-state index contributed by atoms with van der Waals surface area (Å²) in [7, 11) is 0. The van der Waals surface area contributed by atoms with Gasteiger partial charge in [-0.15, -0.1) is 0 Å². The van der Waals surface area contributed by atoms with Gasteiger partial charge in [0.15, 0.2) is 5.76 Å². The monoisotopic (exact) mass is 380 g/mol. The second-order valence-electron chi connectivity index (χ2n) is 9.62. The average molecular weight is 380 g/mol. The summed E-state index contributed by atoms with van der Waals surface area (Å²) in [5.41, 5.74) is 2.64. The molecule has 0 unspecified atom stereocenters. The van der Waals surface area contributed by atoms with Gasteiger partial charge in [-0.05, 0) is 80.5 Å². The fourth-order valence-electron chi connectivity index (χ4n) is 6.92. The van der Waals surface area contributed by atoms with Gasteiger partial charge in [-0.3, -0.25) is 4.79 Å². The van der Waals surface area contributed by atoms with Crippen LogP contribution >= 0.6 is 0 Å². The van der Waals surface area contributed by atoms with Crippen LogP contribution in [0.5, 0.6) is 0 Å². The van der Waals surface area contributed by atoms with Gasteiger partial charge in [0.2, 0.25) is 5.91 Å². The van der Waals surface area contributed by atoms with E-state index >= 15 is 0 Å². The van der Waals surface area contributed by atoms with Crippen LogP contribution in [0.3, 0.4) is 0 Å². The molecule has 0 spiro atoms. The first kappa shape index (κ1) is 16.8. The second kappa shape index (κ2) is 5.91. The first-order valence-corrected chi connectivity index (χ1v) is 10.6. The van der Waals surface area contributed by atoms with Crippen LogP contribution in [0.2, 0.25) is 0 Å². The van der Waals surface area contributed by atoms with Gasteiger partial charge >= 0.3 is 0 Å². The summed E-state index contributed by atoms with van der Waals surface area (Å²) >= 11 is 0. The van der Waals surface area contributed by atoms with Gasteiger partial charge in [-0.1, -0.05) is 5.16 Å². The SMILES string of the molecule is O=C(N1CCc2noc(-c3ccc(F)cc3)c2C1)C12CC3CC(CC(C3)C1)C2. The van der Waals surface area contributed by atoms with Crippen molar-refractivity contribution in [2.45, 2.75) is 51.5 Å². The molecule has 4 saturated carbocycles. The molecule has 1 amide bonds. The Kier molecular flexibility index (Phi) is 3.54. The van der Waals surface area contributed by atoms with Crippen LogP contribution in [0.15, 0.2) is 28.8 Å². The van der Waals surface area contributed by atoms with Gasteiger partial charge in [-0.2, -0.15) is 0 Å². The van der Waals surface area contributed by atoms with Crippen molar-refractivity contribution in [1.82, 2.24) is 10.1 Å². The third kappa shape index (κ3) is 2.48. The Morgan fingerprint density at radius 1 is 1.07 bits per heavy atom. The summed E-state index contributed by atoms with van der Waals surface area (Å²) in [6.45, 7) is 1.29. The van der Waals surface area contributed by atoms with E-state index < -0.39 is 0 Å². The van der Waals surface area contributed by atoms with E-state index in [0.29, 0.717) is 18.2 Å². The summed E-state index contributed by atoms with van der Waals surface area (Å²) in [5.74, 6) is 3.07. The number of rotatable bonds is 2. The van der Waals surface area contributed by atoms with E-state index in [1.165, 1.54) is 31.4 Å². The molecule has 4 nitrogen and oxygen atoms in total. The quantitative estimate of drug-likeness (QED) is 0.766. The molecule has 0 saturated heterocycles. The minimum atomic E-state index is -0.268. The first-order chi connectivity index (χ1) is 13.6. The maximum atomic E-state index is 13.7. The minimum absolute atomic E-state index is 0.112. The number of hydrogen-bond acceptors (Lipinski definition) is 3. The third-order valence-corrected chi connectivity index (χ3v) is 7.72. The Morgan fingerprint density at radius 2 is 1.71 bits per heavy atom. The van der Waals surface area contributed by atoms with Gasteiger partial charge < -0.3 is 9.42 Å². The smallest absolute Gasteiger partial charge is 0.229 e. The van der Waals surface area contributed by atoms with E-state index in [1.54, 1.807) is 12.1 Å². The van der Waals surface area contributed by atoms with Crippen molar-refractivity contribution in [2.24, 2.45) is 23.2 Å². The zero-order valence-corrected chi connectivity index (χ0v) is 16.0. The molecule has 1 aromatic heterocycles. The number of halogens is 1. The number of nitrogens with zero attached hydrogens (tertiary/aromatic N) is 2. The van der Waals surface area contributed by atoms with Crippen LogP contribution < -0.4 is 0 Å². The van der Waals surface area contributed by atoms with Crippen molar-refractivity contribution in [2.75, 3.05) is 6.54 Å². The Labute approximate surface area is 164 Å². The van der Waals surface area contributed by atoms with E-state index in [9.17, 15) is 9.18 Å². The fourth-order valence-corrected chi connectivity index (χ4v) is 6.92. The molecule has 146 valence electrons. The highest BCUT2D eigenvalue weighted by atomic mass is 19.1. The topological polar surface area (TPSA) is 46.3 Å². The highest BCUT2D eigenvalue weighted by Crippen LogP contribution is 2.60. The molecular weight excluding hydrogens is 355 g/mol. The molecule has 4 aliphatic carbocycles. The normalized spacial score (nSPS) is 33.2. The molecule has 1 aliphatic heterocycles. The van der Waals surface area contributed by atoms with Crippen molar-refractivity contribution in [3.63, 3.8) is 0 Å². The maximum Gasteiger partial charge on any atom is 0.229 e. The van der Waals surface area contributed by atoms with Crippen molar-refractivity contribution in [1.29, 1.82) is 0 Å². The molecule has 0 atom stereocenters. The lowest BCUT2D eigenvalue weighted by atomic mass is 9.49. The molecule has 5 heteroatoms. The number of benzene rings is 1. The summed E-state index contributed by atoms with van der Waals surface area (Å²) < 4.78 is 18.9. The van der Waals surface area contributed by atoms with Crippen LogP contribution in [-0.4, -0.2) is 22.5 Å². The van der Waals surface area contributed by atoms with Crippen LogP contribution in [0.1, 0.15) is 49.8 Å². The van der Waals surface area contributed by atoms with Crippen LogP contribution in [0, 0.1) is 29.0 Å². The van der Waals surface area contributed by atoms with E-state index in [2.05, 4.69) is 10.1 Å². The van der Waals surface area contributed by atoms with Crippen LogP contribution in [-0.2, 0) is 17.8 Å². The highest BCUT2D eigenvalue weighted by Gasteiger charge is 2.55. The number of aromatic nitrogens is 1. The highest BCUT2D eigenvalue weighted by molar-refractivity contribution is 5.84. The van der Waals surface area contributed by atoms with Crippen molar-refractivity contribution in [3.8, 4) is 11.3 Å². The maximum absolute atomic E-state index is 13.7. The lowest BCUT2D eigenvalue weighted by Crippen LogP contribution is -2.55. The van der Waals surface area contributed by atoms with E-state index in [1.807, 2.05) is 0 Å². The zero-order valence-electron chi connectivity index (χ0n) is 16.0. The molecule has 4 fully saturated rings. The Bertz CT molecular complexity index is 897. The lowest BCUT2D eigenvalue weighted by Gasteiger charge is -2.56. The molecule has 0 N–H and O–H groups in total. The predicted molar refractivity (Wildman–Crippen MR) is 102 cm³/mol. The van der Waals surface area contributed by atoms with Gasteiger partial charge in [-0.25, -0.2) is 4.39 Å². The minimum Gasteiger partial charge on any atom is -0.356 e. The molecule has 2 aromatic rings. The largest absolute Gasteiger partial charge is 0.356 e. The Morgan fingerprint density at radius 3 is 2.36 bits per heavy atom. The number of fused-ring (bicyclic) bond motifs is 1. The molecule has 28 heavy (non-hydrogen) atoms. The molecule has 7 rings (SSSR count). The predicted octanol–water partition coefficient (Wildman–Crippen LogP) is 4.58. The Balaban J connectivity index is 1.29. The fraction of sp³-hybridized carbons (Fsp3) is 0.565. The average Bonchev–Trinajstić information content (AvgIpc) is 3.10. The molecule has 5 aliphatic rings. The van der Waals surface area contributed by atoms with E-state index in [-0.39, 0.29) is 11.2 Å². The first-order valence-electron chi connectivity index (χ1n) is 10.6. The van der Waals surface area contributed by atoms with Gasteiger partial charge in [0, 0.05) is 24.1 Å². The molecule has 4 bridgehead atoms. The van der Waals surface area contributed by atoms with Gasteiger partial charge in [0.05, 0.1) is 17.7 Å². The number of hydrogen-bond donors (Lipinski definition) is 0. The number of carbonyl (C=O) groups is 1. The third-order valence-electron chi connectivity index (χ3n) is 7.72. The molecular formula is C23H25FN2O2. The van der Waals surface area contributed by atoms with Gasteiger partial charge in [0.25, 0.3) is 0 Å². The summed E-state index contributed by atoms with van der Waals surface area (Å²) in [4.78, 5) is 15.8. The summed E-state index contributed by atoms with van der Waals surface area (Å²) in [6.07, 6.45) is 8.05. The van der Waals surface area contributed by atoms with E-state index in [4.69, 9.17) is 4.52 Å². The molecule has 2 heterocycles. The van der Waals surface area contributed by atoms with Crippen molar-refractivity contribution in [3.05, 3.63) is 41.3 Å². The van der Waals surface area contributed by atoms with Crippen molar-refractivity contribution < 1.29 is 13.7 Å². The molecule has 1 aromatic carbocycles. The Hall–Kier alpha value is -2.17. The van der Waals surface area contributed by atoms with Gasteiger partial charge in [0.1, 0.15) is 5.82 Å². The summed E-state index contributed by atoms with van der Waals surface area (Å²) in [5, 5.41) is 4.23. The van der Waals surface area contributed by atoms with E-state index in [0.717, 1.165) is 66.8 Å². The standard InChI is InChI=1S/C23H25FN2O2/c24-18-3-1-17(2-4-18)21-19-13-26(6-5-20(19)25-28-21)22(27)23-10-14-7-15(11-23)9-16(8-14)12-23/h1-4,14-16H,5-13H2. The van der Waals surface area contributed by atoms with Crippen molar-refractivity contribution >= 4 is 5.91 Å². The zero-order chi connectivity index (χ0) is 18.9.